The van der Waals surface area contributed by atoms with Gasteiger partial charge in [-0.1, -0.05) is 43.7 Å². The van der Waals surface area contributed by atoms with Crippen molar-refractivity contribution in [2.75, 3.05) is 5.32 Å². The summed E-state index contributed by atoms with van der Waals surface area (Å²) in [7, 11) is 0. The lowest BCUT2D eigenvalue weighted by molar-refractivity contribution is -0.116. The average Bonchev–Trinajstić information content (AvgIpc) is 2.94. The van der Waals surface area contributed by atoms with Crippen molar-refractivity contribution in [1.82, 2.24) is 9.55 Å². The highest BCUT2D eigenvalue weighted by atomic mass is 16.1. The maximum Gasteiger partial charge on any atom is 0.244 e. The van der Waals surface area contributed by atoms with Gasteiger partial charge >= 0.3 is 0 Å². The molecule has 0 aliphatic rings. The summed E-state index contributed by atoms with van der Waals surface area (Å²) < 4.78 is 2.05. The maximum atomic E-state index is 12.7. The molecular formula is C21H25N3O. The van der Waals surface area contributed by atoms with Gasteiger partial charge < -0.3 is 9.88 Å². The molecule has 130 valence electrons. The van der Waals surface area contributed by atoms with E-state index >= 15 is 0 Å². The molecular weight excluding hydrogens is 310 g/mol. The van der Waals surface area contributed by atoms with Gasteiger partial charge in [0.25, 0.3) is 0 Å². The second-order valence-electron chi connectivity index (χ2n) is 6.52. The van der Waals surface area contributed by atoms with E-state index in [-0.39, 0.29) is 12.5 Å². The van der Waals surface area contributed by atoms with Crippen LogP contribution in [0.25, 0.3) is 11.0 Å². The zero-order chi connectivity index (χ0) is 17.8. The SMILES string of the molecule is CCCCc1nc2ccccc2n1CC(=O)Nc1c(C)cccc1C. The smallest absolute Gasteiger partial charge is 0.244 e. The van der Waals surface area contributed by atoms with Gasteiger partial charge in [-0.3, -0.25) is 4.79 Å². The molecule has 4 nitrogen and oxygen atoms in total. The van der Waals surface area contributed by atoms with Crippen LogP contribution in [0, 0.1) is 13.8 Å². The summed E-state index contributed by atoms with van der Waals surface area (Å²) >= 11 is 0. The Hall–Kier alpha value is -2.62. The molecule has 2 aromatic carbocycles. The molecule has 0 bridgehead atoms. The number of imidazole rings is 1. The van der Waals surface area contributed by atoms with Crippen LogP contribution in [-0.2, 0) is 17.8 Å². The monoisotopic (exact) mass is 335 g/mol. The van der Waals surface area contributed by atoms with E-state index in [1.807, 2.05) is 60.9 Å². The molecule has 1 aromatic heterocycles. The second kappa shape index (κ2) is 7.51. The van der Waals surface area contributed by atoms with Crippen LogP contribution in [0.1, 0.15) is 36.7 Å². The molecule has 3 aromatic rings. The van der Waals surface area contributed by atoms with Gasteiger partial charge in [0, 0.05) is 12.1 Å². The van der Waals surface area contributed by atoms with Gasteiger partial charge in [-0.05, 0) is 43.5 Å². The molecule has 0 fully saturated rings. The Morgan fingerprint density at radius 3 is 2.52 bits per heavy atom. The molecule has 1 N–H and O–H groups in total. The largest absolute Gasteiger partial charge is 0.324 e. The number of hydrogen-bond donors (Lipinski definition) is 1. The van der Waals surface area contributed by atoms with Crippen molar-refractivity contribution in [3.05, 3.63) is 59.4 Å². The van der Waals surface area contributed by atoms with Gasteiger partial charge in [0.15, 0.2) is 0 Å². The highest BCUT2D eigenvalue weighted by Gasteiger charge is 2.14. The maximum absolute atomic E-state index is 12.7. The molecule has 0 unspecified atom stereocenters. The van der Waals surface area contributed by atoms with Crippen LogP contribution in [-0.4, -0.2) is 15.5 Å². The number of aryl methyl sites for hydroxylation is 3. The van der Waals surface area contributed by atoms with Crippen molar-refractivity contribution in [3.63, 3.8) is 0 Å². The molecule has 0 saturated heterocycles. The first kappa shape index (κ1) is 17.2. The van der Waals surface area contributed by atoms with Crippen LogP contribution in [0.15, 0.2) is 42.5 Å². The van der Waals surface area contributed by atoms with Crippen molar-refractivity contribution in [3.8, 4) is 0 Å². The van der Waals surface area contributed by atoms with Gasteiger partial charge in [0.2, 0.25) is 5.91 Å². The van der Waals surface area contributed by atoms with Crippen molar-refractivity contribution in [1.29, 1.82) is 0 Å². The minimum Gasteiger partial charge on any atom is -0.324 e. The third kappa shape index (κ3) is 3.73. The molecule has 4 heteroatoms. The predicted octanol–water partition coefficient (Wildman–Crippen LogP) is 4.63. The lowest BCUT2D eigenvalue weighted by Crippen LogP contribution is -2.21. The standard InChI is InChI=1S/C21H25N3O/c1-4-5-13-19-22-17-11-6-7-12-18(17)24(19)14-20(25)23-21-15(2)9-8-10-16(21)3/h6-12H,4-5,13-14H2,1-3H3,(H,23,25). The number of unbranched alkanes of at least 4 members (excludes halogenated alkanes) is 1. The third-order valence-electron chi connectivity index (χ3n) is 4.53. The number of carbonyl (C=O) groups excluding carboxylic acids is 1. The summed E-state index contributed by atoms with van der Waals surface area (Å²) in [6.45, 7) is 6.48. The molecule has 0 radical (unpaired) electrons. The Balaban J connectivity index is 1.87. The van der Waals surface area contributed by atoms with Crippen molar-refractivity contribution >= 4 is 22.6 Å². The number of anilines is 1. The Morgan fingerprint density at radius 1 is 1.08 bits per heavy atom. The quantitative estimate of drug-likeness (QED) is 0.713. The predicted molar refractivity (Wildman–Crippen MR) is 103 cm³/mol. The number of aromatic nitrogens is 2. The normalized spacial score (nSPS) is 11.0. The lowest BCUT2D eigenvalue weighted by Gasteiger charge is -2.13. The molecule has 0 aliphatic heterocycles. The van der Waals surface area contributed by atoms with Gasteiger partial charge in [-0.25, -0.2) is 4.98 Å². The van der Waals surface area contributed by atoms with Crippen LogP contribution >= 0.6 is 0 Å². The van der Waals surface area contributed by atoms with Gasteiger partial charge in [0.05, 0.1) is 11.0 Å². The molecule has 25 heavy (non-hydrogen) atoms. The summed E-state index contributed by atoms with van der Waals surface area (Å²) in [4.78, 5) is 17.4. The van der Waals surface area contributed by atoms with E-state index in [0.717, 1.165) is 52.9 Å². The number of para-hydroxylation sites is 3. The topological polar surface area (TPSA) is 46.9 Å². The van der Waals surface area contributed by atoms with Crippen molar-refractivity contribution in [2.45, 2.75) is 46.6 Å². The average molecular weight is 335 g/mol. The van der Waals surface area contributed by atoms with E-state index in [0.29, 0.717) is 0 Å². The number of amides is 1. The van der Waals surface area contributed by atoms with E-state index < -0.39 is 0 Å². The highest BCUT2D eigenvalue weighted by Crippen LogP contribution is 2.21. The zero-order valence-corrected chi connectivity index (χ0v) is 15.2. The highest BCUT2D eigenvalue weighted by molar-refractivity contribution is 5.93. The zero-order valence-electron chi connectivity index (χ0n) is 15.2. The number of nitrogens with one attached hydrogen (secondary N) is 1. The summed E-state index contributed by atoms with van der Waals surface area (Å²) in [5.41, 5.74) is 5.04. The summed E-state index contributed by atoms with van der Waals surface area (Å²) in [5, 5.41) is 3.08. The lowest BCUT2D eigenvalue weighted by atomic mass is 10.1. The Bertz CT molecular complexity index is 875. The minimum atomic E-state index is -0.0155. The fourth-order valence-electron chi connectivity index (χ4n) is 3.16. The molecule has 1 amide bonds. The van der Waals surface area contributed by atoms with E-state index in [4.69, 9.17) is 4.98 Å². The summed E-state index contributed by atoms with van der Waals surface area (Å²) in [6, 6.07) is 14.1. The van der Waals surface area contributed by atoms with Crippen molar-refractivity contribution < 1.29 is 4.79 Å². The Kier molecular flexibility index (Phi) is 5.17. The molecule has 0 spiro atoms. The van der Waals surface area contributed by atoms with E-state index in [1.54, 1.807) is 0 Å². The van der Waals surface area contributed by atoms with Crippen LogP contribution in [0.5, 0.6) is 0 Å². The summed E-state index contributed by atoms with van der Waals surface area (Å²) in [5.74, 6) is 0.970. The number of benzene rings is 2. The molecule has 0 aliphatic carbocycles. The number of rotatable bonds is 6. The fourth-order valence-corrected chi connectivity index (χ4v) is 3.16. The Morgan fingerprint density at radius 2 is 1.80 bits per heavy atom. The first-order valence-corrected chi connectivity index (χ1v) is 8.90. The molecule has 0 saturated carbocycles. The molecule has 1 heterocycles. The second-order valence-corrected chi connectivity index (χ2v) is 6.52. The molecule has 3 rings (SSSR count). The van der Waals surface area contributed by atoms with E-state index in [2.05, 4.69) is 12.2 Å². The first-order valence-electron chi connectivity index (χ1n) is 8.90. The van der Waals surface area contributed by atoms with E-state index in [9.17, 15) is 4.79 Å². The van der Waals surface area contributed by atoms with Crippen LogP contribution in [0.3, 0.4) is 0 Å². The number of carbonyl (C=O) groups is 1. The Labute approximate surface area is 148 Å². The van der Waals surface area contributed by atoms with Gasteiger partial charge in [-0.2, -0.15) is 0 Å². The van der Waals surface area contributed by atoms with Crippen LogP contribution in [0.2, 0.25) is 0 Å². The third-order valence-corrected chi connectivity index (χ3v) is 4.53. The van der Waals surface area contributed by atoms with Gasteiger partial charge in [-0.15, -0.1) is 0 Å². The van der Waals surface area contributed by atoms with E-state index in [1.165, 1.54) is 0 Å². The van der Waals surface area contributed by atoms with Crippen LogP contribution in [0.4, 0.5) is 5.69 Å². The summed E-state index contributed by atoms with van der Waals surface area (Å²) in [6.07, 6.45) is 3.07. The van der Waals surface area contributed by atoms with Crippen molar-refractivity contribution in [2.24, 2.45) is 0 Å². The minimum absolute atomic E-state index is 0.0155. The van der Waals surface area contributed by atoms with Gasteiger partial charge in [0.1, 0.15) is 12.4 Å². The number of fused-ring (bicyclic) bond motifs is 1. The fraction of sp³-hybridized carbons (Fsp3) is 0.333. The number of hydrogen-bond acceptors (Lipinski definition) is 2. The number of nitrogens with zero attached hydrogens (tertiary/aromatic N) is 2. The first-order chi connectivity index (χ1) is 12.1. The van der Waals surface area contributed by atoms with Crippen LogP contribution < -0.4 is 5.32 Å². The molecule has 0 atom stereocenters.